The second-order valence-electron chi connectivity index (χ2n) is 4.83. The molecule has 4 nitrogen and oxygen atoms in total. The van der Waals surface area contributed by atoms with Crippen LogP contribution in [0.1, 0.15) is 23.6 Å². The average Bonchev–Trinajstić information content (AvgIpc) is 2.85. The molecule has 1 aromatic carbocycles. The molecule has 0 spiro atoms. The smallest absolute Gasteiger partial charge is 0.137 e. The minimum absolute atomic E-state index is 0.873. The first-order chi connectivity index (χ1) is 9.29. The standard InChI is InChI=1S/C15H18N4/c1-3-16-14-11(2)15(18-10-17-14)19-8-12-6-4-5-7-13(12)9-19/h4-7,10H,3,8-9H2,1-2H3,(H,16,17,18). The highest BCUT2D eigenvalue weighted by atomic mass is 15.2. The molecule has 0 bridgehead atoms. The zero-order chi connectivity index (χ0) is 13.2. The highest BCUT2D eigenvalue weighted by molar-refractivity contribution is 5.59. The van der Waals surface area contributed by atoms with E-state index in [2.05, 4.69) is 58.3 Å². The molecule has 0 fully saturated rings. The summed E-state index contributed by atoms with van der Waals surface area (Å²) in [5.41, 5.74) is 3.91. The van der Waals surface area contributed by atoms with Gasteiger partial charge in [-0.05, 0) is 25.0 Å². The molecule has 1 aliphatic rings. The number of fused-ring (bicyclic) bond motifs is 1. The van der Waals surface area contributed by atoms with Crippen LogP contribution >= 0.6 is 0 Å². The lowest BCUT2D eigenvalue weighted by atomic mass is 10.1. The molecule has 98 valence electrons. The lowest BCUT2D eigenvalue weighted by Crippen LogP contribution is -2.18. The first-order valence-electron chi connectivity index (χ1n) is 6.66. The predicted octanol–water partition coefficient (Wildman–Crippen LogP) is 2.74. The second kappa shape index (κ2) is 4.88. The van der Waals surface area contributed by atoms with E-state index in [1.807, 2.05) is 0 Å². The molecule has 19 heavy (non-hydrogen) atoms. The van der Waals surface area contributed by atoms with Crippen LogP contribution in [0.2, 0.25) is 0 Å². The van der Waals surface area contributed by atoms with Crippen molar-refractivity contribution in [3.63, 3.8) is 0 Å². The van der Waals surface area contributed by atoms with Crippen LogP contribution in [0.25, 0.3) is 0 Å². The van der Waals surface area contributed by atoms with Crippen LogP contribution in [0.4, 0.5) is 11.6 Å². The van der Waals surface area contributed by atoms with Crippen LogP contribution in [0, 0.1) is 6.92 Å². The van der Waals surface area contributed by atoms with Crippen molar-refractivity contribution >= 4 is 11.6 Å². The Kier molecular flexibility index (Phi) is 3.07. The van der Waals surface area contributed by atoms with E-state index in [0.29, 0.717) is 0 Å². The topological polar surface area (TPSA) is 41.1 Å². The Labute approximate surface area is 113 Å². The van der Waals surface area contributed by atoms with E-state index in [0.717, 1.165) is 36.8 Å². The number of rotatable bonds is 3. The summed E-state index contributed by atoms with van der Waals surface area (Å²) in [7, 11) is 0. The highest BCUT2D eigenvalue weighted by Crippen LogP contribution is 2.30. The van der Waals surface area contributed by atoms with Crippen molar-refractivity contribution in [2.75, 3.05) is 16.8 Å². The molecule has 0 atom stereocenters. The fraction of sp³-hybridized carbons (Fsp3) is 0.333. The van der Waals surface area contributed by atoms with E-state index in [1.165, 1.54) is 11.1 Å². The Balaban J connectivity index is 1.91. The second-order valence-corrected chi connectivity index (χ2v) is 4.83. The van der Waals surface area contributed by atoms with Crippen LogP contribution in [-0.4, -0.2) is 16.5 Å². The number of nitrogens with zero attached hydrogens (tertiary/aromatic N) is 3. The number of hydrogen-bond acceptors (Lipinski definition) is 4. The van der Waals surface area contributed by atoms with Gasteiger partial charge >= 0.3 is 0 Å². The summed E-state index contributed by atoms with van der Waals surface area (Å²) >= 11 is 0. The van der Waals surface area contributed by atoms with Gasteiger partial charge in [0.2, 0.25) is 0 Å². The third kappa shape index (κ3) is 2.14. The van der Waals surface area contributed by atoms with Crippen molar-refractivity contribution in [3.05, 3.63) is 47.3 Å². The van der Waals surface area contributed by atoms with E-state index < -0.39 is 0 Å². The molecule has 0 radical (unpaired) electrons. The van der Waals surface area contributed by atoms with Crippen molar-refractivity contribution in [1.29, 1.82) is 0 Å². The van der Waals surface area contributed by atoms with E-state index in [1.54, 1.807) is 6.33 Å². The quantitative estimate of drug-likeness (QED) is 0.914. The van der Waals surface area contributed by atoms with Gasteiger partial charge in [-0.15, -0.1) is 0 Å². The van der Waals surface area contributed by atoms with Gasteiger partial charge in [-0.25, -0.2) is 9.97 Å². The number of nitrogens with one attached hydrogen (secondary N) is 1. The SMILES string of the molecule is CCNc1ncnc(N2Cc3ccccc3C2)c1C. The maximum atomic E-state index is 4.46. The largest absolute Gasteiger partial charge is 0.370 e. The average molecular weight is 254 g/mol. The lowest BCUT2D eigenvalue weighted by Gasteiger charge is -2.20. The highest BCUT2D eigenvalue weighted by Gasteiger charge is 2.21. The Morgan fingerprint density at radius 2 is 1.84 bits per heavy atom. The van der Waals surface area contributed by atoms with Gasteiger partial charge in [0.05, 0.1) is 0 Å². The first kappa shape index (κ1) is 12.0. The van der Waals surface area contributed by atoms with Crippen molar-refractivity contribution < 1.29 is 0 Å². The summed E-state index contributed by atoms with van der Waals surface area (Å²) in [4.78, 5) is 11.1. The fourth-order valence-corrected chi connectivity index (χ4v) is 2.59. The number of aromatic nitrogens is 2. The molecular formula is C15H18N4. The van der Waals surface area contributed by atoms with Crippen LogP contribution in [0.15, 0.2) is 30.6 Å². The summed E-state index contributed by atoms with van der Waals surface area (Å²) in [6.45, 7) is 6.89. The number of anilines is 2. The Morgan fingerprint density at radius 1 is 1.16 bits per heavy atom. The minimum atomic E-state index is 0.873. The van der Waals surface area contributed by atoms with Gasteiger partial charge in [0.1, 0.15) is 18.0 Å². The monoisotopic (exact) mass is 254 g/mol. The van der Waals surface area contributed by atoms with Crippen LogP contribution < -0.4 is 10.2 Å². The van der Waals surface area contributed by atoms with Gasteiger partial charge in [0.25, 0.3) is 0 Å². The summed E-state index contributed by atoms with van der Waals surface area (Å²) in [5, 5.41) is 3.28. The molecule has 1 aromatic heterocycles. The maximum absolute atomic E-state index is 4.46. The fourth-order valence-electron chi connectivity index (χ4n) is 2.59. The molecule has 0 saturated carbocycles. The van der Waals surface area contributed by atoms with E-state index >= 15 is 0 Å². The van der Waals surface area contributed by atoms with Crippen molar-refractivity contribution in [2.24, 2.45) is 0 Å². The van der Waals surface area contributed by atoms with Crippen molar-refractivity contribution in [2.45, 2.75) is 26.9 Å². The first-order valence-corrected chi connectivity index (χ1v) is 6.66. The molecule has 1 N–H and O–H groups in total. The summed E-state index contributed by atoms with van der Waals surface area (Å²) in [6.07, 6.45) is 1.64. The number of hydrogen-bond donors (Lipinski definition) is 1. The Hall–Kier alpha value is -2.10. The molecule has 4 heteroatoms. The third-order valence-corrected chi connectivity index (χ3v) is 3.54. The third-order valence-electron chi connectivity index (χ3n) is 3.54. The van der Waals surface area contributed by atoms with E-state index in [-0.39, 0.29) is 0 Å². The molecule has 0 unspecified atom stereocenters. The zero-order valence-electron chi connectivity index (χ0n) is 11.3. The maximum Gasteiger partial charge on any atom is 0.137 e. The molecule has 0 aliphatic carbocycles. The van der Waals surface area contributed by atoms with E-state index in [9.17, 15) is 0 Å². The Bertz CT molecular complexity index is 569. The molecule has 0 saturated heterocycles. The molecule has 2 heterocycles. The summed E-state index contributed by atoms with van der Waals surface area (Å²) < 4.78 is 0. The molecular weight excluding hydrogens is 236 g/mol. The van der Waals surface area contributed by atoms with Gasteiger partial charge in [0, 0.05) is 25.2 Å². The van der Waals surface area contributed by atoms with Crippen LogP contribution in [-0.2, 0) is 13.1 Å². The summed E-state index contributed by atoms with van der Waals surface area (Å²) in [6, 6.07) is 8.58. The molecule has 3 rings (SSSR count). The van der Waals surface area contributed by atoms with Crippen molar-refractivity contribution in [1.82, 2.24) is 9.97 Å². The molecule has 2 aromatic rings. The zero-order valence-corrected chi connectivity index (χ0v) is 11.3. The molecule has 1 aliphatic heterocycles. The van der Waals surface area contributed by atoms with Gasteiger partial charge in [-0.3, -0.25) is 0 Å². The summed E-state index contributed by atoms with van der Waals surface area (Å²) in [5.74, 6) is 1.96. The minimum Gasteiger partial charge on any atom is -0.370 e. The Morgan fingerprint density at radius 3 is 2.47 bits per heavy atom. The van der Waals surface area contributed by atoms with Gasteiger partial charge in [-0.1, -0.05) is 24.3 Å². The van der Waals surface area contributed by atoms with Gasteiger partial charge < -0.3 is 10.2 Å². The lowest BCUT2D eigenvalue weighted by molar-refractivity contribution is 0.843. The van der Waals surface area contributed by atoms with Gasteiger partial charge in [0.15, 0.2) is 0 Å². The predicted molar refractivity (Wildman–Crippen MR) is 77.3 cm³/mol. The normalized spacial score (nSPS) is 13.5. The van der Waals surface area contributed by atoms with Crippen LogP contribution in [0.3, 0.4) is 0 Å². The number of benzene rings is 1. The molecule has 0 amide bonds. The van der Waals surface area contributed by atoms with E-state index in [4.69, 9.17) is 0 Å². The van der Waals surface area contributed by atoms with Crippen molar-refractivity contribution in [3.8, 4) is 0 Å². The van der Waals surface area contributed by atoms with Gasteiger partial charge in [-0.2, -0.15) is 0 Å². The van der Waals surface area contributed by atoms with Crippen LogP contribution in [0.5, 0.6) is 0 Å².